The van der Waals surface area contributed by atoms with Gasteiger partial charge in [0.1, 0.15) is 11.2 Å². The molecule has 0 bridgehead atoms. The van der Waals surface area contributed by atoms with Crippen LogP contribution in [0.25, 0.3) is 77.6 Å². The maximum Gasteiger partial charge on any atom is 0.143 e. The van der Waals surface area contributed by atoms with Gasteiger partial charge in [-0.25, -0.2) is 0 Å². The van der Waals surface area contributed by atoms with Crippen molar-refractivity contribution in [1.29, 1.82) is 0 Å². The summed E-state index contributed by atoms with van der Waals surface area (Å²) in [6, 6.07) is 99.4. The summed E-state index contributed by atoms with van der Waals surface area (Å²) in [5.41, 5.74) is 21.1. The average Bonchev–Trinajstić information content (AvgIpc) is 3.96. The standard InChI is InChI=1S/C67H45NO/c1-5-20-46(21-6-1)50-24-17-29-53(44-50)68(63-36-15-13-30-55(63)47-22-7-2-8-23-47)54-42-43-60-62(45-54)67(51-25-9-3-10-26-51,52-27-11-4-12-28-52)61-35-19-32-56(65(60)61)48-38-40-49(41-39-48)57-33-18-34-59-58-31-14-16-37-64(58)69-66(57)59/h1-45H. The van der Waals surface area contributed by atoms with Crippen LogP contribution in [-0.4, -0.2) is 0 Å². The van der Waals surface area contributed by atoms with Crippen LogP contribution in [0.1, 0.15) is 22.3 Å². The van der Waals surface area contributed by atoms with Gasteiger partial charge >= 0.3 is 0 Å². The molecule has 0 radical (unpaired) electrons. The molecule has 0 atom stereocenters. The lowest BCUT2D eigenvalue weighted by molar-refractivity contribution is 0.670. The van der Waals surface area contributed by atoms with Gasteiger partial charge in [-0.05, 0) is 103 Å². The number of rotatable bonds is 9. The Morgan fingerprint density at radius 3 is 1.57 bits per heavy atom. The number of para-hydroxylation sites is 3. The summed E-state index contributed by atoms with van der Waals surface area (Å²) in [6.45, 7) is 0. The molecule has 0 saturated carbocycles. The summed E-state index contributed by atoms with van der Waals surface area (Å²) in [4.78, 5) is 2.46. The lowest BCUT2D eigenvalue weighted by atomic mass is 9.67. The van der Waals surface area contributed by atoms with E-state index in [0.717, 1.165) is 66.8 Å². The first-order valence-electron chi connectivity index (χ1n) is 23.7. The van der Waals surface area contributed by atoms with Gasteiger partial charge in [0.25, 0.3) is 0 Å². The summed E-state index contributed by atoms with van der Waals surface area (Å²) >= 11 is 0. The molecule has 1 heterocycles. The van der Waals surface area contributed by atoms with Crippen LogP contribution in [0.3, 0.4) is 0 Å². The van der Waals surface area contributed by atoms with Gasteiger partial charge in [-0.3, -0.25) is 0 Å². The van der Waals surface area contributed by atoms with Gasteiger partial charge in [-0.2, -0.15) is 0 Å². The zero-order valence-electron chi connectivity index (χ0n) is 37.8. The molecule has 324 valence electrons. The second-order valence-electron chi connectivity index (χ2n) is 17.9. The van der Waals surface area contributed by atoms with Crippen molar-refractivity contribution >= 4 is 39.0 Å². The molecule has 69 heavy (non-hydrogen) atoms. The van der Waals surface area contributed by atoms with Crippen LogP contribution in [0.5, 0.6) is 0 Å². The van der Waals surface area contributed by atoms with Crippen molar-refractivity contribution in [2.45, 2.75) is 5.41 Å². The molecular formula is C67H45NO. The Hall–Kier alpha value is -8.98. The highest BCUT2D eigenvalue weighted by molar-refractivity contribution is 6.09. The average molecular weight is 880 g/mol. The van der Waals surface area contributed by atoms with Crippen LogP contribution in [0, 0.1) is 0 Å². The van der Waals surface area contributed by atoms with E-state index >= 15 is 0 Å². The maximum absolute atomic E-state index is 6.49. The number of hydrogen-bond donors (Lipinski definition) is 0. The van der Waals surface area contributed by atoms with Crippen molar-refractivity contribution in [2.75, 3.05) is 4.90 Å². The number of anilines is 3. The minimum absolute atomic E-state index is 0.632. The molecule has 1 aliphatic carbocycles. The maximum atomic E-state index is 6.49. The molecule has 0 aliphatic heterocycles. The van der Waals surface area contributed by atoms with Crippen LogP contribution in [0.4, 0.5) is 17.1 Å². The van der Waals surface area contributed by atoms with Gasteiger partial charge in [0.15, 0.2) is 0 Å². The van der Waals surface area contributed by atoms with E-state index in [9.17, 15) is 0 Å². The van der Waals surface area contributed by atoms with E-state index in [4.69, 9.17) is 4.42 Å². The second-order valence-corrected chi connectivity index (χ2v) is 17.9. The fourth-order valence-electron chi connectivity index (χ4n) is 11.1. The normalized spacial score (nSPS) is 12.5. The van der Waals surface area contributed by atoms with Gasteiger partial charge < -0.3 is 9.32 Å². The number of benzene rings is 11. The SMILES string of the molecule is c1ccc(-c2cccc(N(c3ccc4c(c3)C(c3ccccc3)(c3ccccc3)c3cccc(-c5ccc(-c6cccc7c6oc6ccccc67)cc5)c3-4)c3ccccc3-c3ccccc3)c2)cc1. The summed E-state index contributed by atoms with van der Waals surface area (Å²) in [5.74, 6) is 0. The van der Waals surface area contributed by atoms with Crippen molar-refractivity contribution in [3.05, 3.63) is 295 Å². The fraction of sp³-hybridized carbons (Fsp3) is 0.0149. The van der Waals surface area contributed by atoms with E-state index in [1.54, 1.807) is 0 Å². The monoisotopic (exact) mass is 879 g/mol. The van der Waals surface area contributed by atoms with Gasteiger partial charge in [-0.15, -0.1) is 0 Å². The van der Waals surface area contributed by atoms with Crippen LogP contribution in [0.15, 0.2) is 277 Å². The van der Waals surface area contributed by atoms with Crippen LogP contribution in [0.2, 0.25) is 0 Å². The minimum Gasteiger partial charge on any atom is -0.455 e. The third-order valence-corrected chi connectivity index (χ3v) is 14.2. The summed E-state index contributed by atoms with van der Waals surface area (Å²) < 4.78 is 6.49. The molecule has 0 N–H and O–H groups in total. The minimum atomic E-state index is -0.632. The zero-order chi connectivity index (χ0) is 45.7. The van der Waals surface area contributed by atoms with Crippen molar-refractivity contribution in [3.8, 4) is 55.6 Å². The first-order chi connectivity index (χ1) is 34.2. The molecule has 0 amide bonds. The molecule has 2 nitrogen and oxygen atoms in total. The molecule has 12 aromatic rings. The largest absolute Gasteiger partial charge is 0.455 e. The molecule has 11 aromatic carbocycles. The predicted octanol–water partition coefficient (Wildman–Crippen LogP) is 18.1. The van der Waals surface area contributed by atoms with Gasteiger partial charge in [0, 0.05) is 33.3 Å². The Morgan fingerprint density at radius 1 is 0.304 bits per heavy atom. The predicted molar refractivity (Wildman–Crippen MR) is 287 cm³/mol. The van der Waals surface area contributed by atoms with Crippen molar-refractivity contribution in [1.82, 2.24) is 0 Å². The summed E-state index contributed by atoms with van der Waals surface area (Å²) in [5, 5.41) is 2.27. The third kappa shape index (κ3) is 6.64. The Balaban J connectivity index is 1.04. The van der Waals surface area contributed by atoms with E-state index in [1.165, 1.54) is 50.1 Å². The number of fused-ring (bicyclic) bond motifs is 6. The first kappa shape index (κ1) is 40.3. The Kier molecular flexibility index (Phi) is 9.77. The van der Waals surface area contributed by atoms with E-state index in [0.29, 0.717) is 0 Å². The molecule has 1 aromatic heterocycles. The molecule has 13 rings (SSSR count). The summed E-state index contributed by atoms with van der Waals surface area (Å²) in [7, 11) is 0. The number of nitrogens with zero attached hydrogens (tertiary/aromatic N) is 1. The third-order valence-electron chi connectivity index (χ3n) is 14.2. The van der Waals surface area contributed by atoms with Crippen LogP contribution >= 0.6 is 0 Å². The van der Waals surface area contributed by atoms with E-state index < -0.39 is 5.41 Å². The lowest BCUT2D eigenvalue weighted by Gasteiger charge is -2.35. The number of furan rings is 1. The molecular weight excluding hydrogens is 835 g/mol. The second kappa shape index (κ2) is 16.7. The number of hydrogen-bond acceptors (Lipinski definition) is 2. The molecule has 1 aliphatic rings. The van der Waals surface area contributed by atoms with Crippen molar-refractivity contribution in [2.24, 2.45) is 0 Å². The highest BCUT2D eigenvalue weighted by Gasteiger charge is 2.47. The molecule has 0 unspecified atom stereocenters. The van der Waals surface area contributed by atoms with Gasteiger partial charge in [0.05, 0.1) is 11.1 Å². The van der Waals surface area contributed by atoms with Crippen molar-refractivity contribution in [3.63, 3.8) is 0 Å². The first-order valence-corrected chi connectivity index (χ1v) is 23.7. The van der Waals surface area contributed by atoms with E-state index in [2.05, 4.69) is 272 Å². The van der Waals surface area contributed by atoms with E-state index in [-0.39, 0.29) is 0 Å². The molecule has 0 fully saturated rings. The Bertz CT molecular complexity index is 3780. The molecule has 2 heteroatoms. The molecule has 0 spiro atoms. The zero-order valence-corrected chi connectivity index (χ0v) is 37.8. The lowest BCUT2D eigenvalue weighted by Crippen LogP contribution is -2.28. The van der Waals surface area contributed by atoms with Crippen LogP contribution < -0.4 is 4.90 Å². The fourth-order valence-corrected chi connectivity index (χ4v) is 11.1. The smallest absolute Gasteiger partial charge is 0.143 e. The van der Waals surface area contributed by atoms with Gasteiger partial charge in [-0.1, -0.05) is 237 Å². The highest BCUT2D eigenvalue weighted by atomic mass is 16.3. The van der Waals surface area contributed by atoms with Crippen LogP contribution in [-0.2, 0) is 5.41 Å². The molecule has 0 saturated heterocycles. The Labute approximate surface area is 402 Å². The van der Waals surface area contributed by atoms with Gasteiger partial charge in [0.2, 0.25) is 0 Å². The highest BCUT2D eigenvalue weighted by Crippen LogP contribution is 2.59. The van der Waals surface area contributed by atoms with E-state index in [1.807, 2.05) is 6.07 Å². The topological polar surface area (TPSA) is 16.4 Å². The quantitative estimate of drug-likeness (QED) is 0.144. The summed E-state index contributed by atoms with van der Waals surface area (Å²) in [6.07, 6.45) is 0. The van der Waals surface area contributed by atoms with Crippen molar-refractivity contribution < 1.29 is 4.42 Å². The Morgan fingerprint density at radius 2 is 0.826 bits per heavy atom.